The monoisotopic (exact) mass is 134 g/mol. The summed E-state index contributed by atoms with van der Waals surface area (Å²) < 4.78 is 0. The van der Waals surface area contributed by atoms with Crippen molar-refractivity contribution in [3.63, 3.8) is 0 Å². The summed E-state index contributed by atoms with van der Waals surface area (Å²) in [4.78, 5) is 0. The molecule has 0 saturated heterocycles. The third kappa shape index (κ3) is 1.65. The van der Waals surface area contributed by atoms with Crippen LogP contribution in [0.2, 0.25) is 0 Å². The Morgan fingerprint density at radius 1 is 1.30 bits per heavy atom. The van der Waals surface area contributed by atoms with E-state index < -0.39 is 0 Å². The summed E-state index contributed by atoms with van der Waals surface area (Å²) >= 11 is 0. The Labute approximate surface area is 60.6 Å². The molecular formula is C8H10N2. The molecule has 2 nitrogen and oxygen atoms in total. The first kappa shape index (κ1) is 6.93. The lowest BCUT2D eigenvalue weighted by atomic mass is 10.2. The molecule has 0 fully saturated rings. The van der Waals surface area contributed by atoms with Crippen LogP contribution in [0.5, 0.6) is 0 Å². The van der Waals surface area contributed by atoms with Crippen LogP contribution in [-0.2, 0) is 0 Å². The Morgan fingerprint density at radius 3 is 2.70 bits per heavy atom. The molecule has 0 atom stereocenters. The van der Waals surface area contributed by atoms with E-state index in [4.69, 9.17) is 0 Å². The van der Waals surface area contributed by atoms with Crippen molar-refractivity contribution in [3.05, 3.63) is 29.8 Å². The van der Waals surface area contributed by atoms with Gasteiger partial charge in [0.05, 0.1) is 5.69 Å². The number of nitrogens with zero attached hydrogens (tertiary/aromatic N) is 2. The third-order valence-corrected chi connectivity index (χ3v) is 1.22. The van der Waals surface area contributed by atoms with Gasteiger partial charge < -0.3 is 0 Å². The van der Waals surface area contributed by atoms with Gasteiger partial charge in [-0.1, -0.05) is 12.1 Å². The first-order chi connectivity index (χ1) is 4.83. The van der Waals surface area contributed by atoms with E-state index in [0.717, 1.165) is 5.69 Å². The smallest absolute Gasteiger partial charge is 0.0855 e. The maximum Gasteiger partial charge on any atom is 0.0855 e. The van der Waals surface area contributed by atoms with Gasteiger partial charge in [0.2, 0.25) is 0 Å². The molecule has 1 aromatic rings. The molecule has 0 aliphatic heterocycles. The molecule has 0 aliphatic carbocycles. The quantitative estimate of drug-likeness (QED) is 0.527. The molecule has 0 aliphatic rings. The molecule has 0 saturated carbocycles. The molecule has 52 valence electrons. The van der Waals surface area contributed by atoms with E-state index in [0.29, 0.717) is 0 Å². The fourth-order valence-electron chi connectivity index (χ4n) is 0.806. The zero-order valence-electron chi connectivity index (χ0n) is 6.20. The summed E-state index contributed by atoms with van der Waals surface area (Å²) in [5.41, 5.74) is 2.13. The molecule has 2 heteroatoms. The topological polar surface area (TPSA) is 24.7 Å². The van der Waals surface area contributed by atoms with Crippen LogP contribution in [0.4, 0.5) is 5.69 Å². The maximum absolute atomic E-state index is 3.89. The minimum atomic E-state index is 0.919. The minimum Gasteiger partial charge on any atom is -0.192 e. The predicted molar refractivity (Wildman–Crippen MR) is 41.6 cm³/mol. The summed E-state index contributed by atoms with van der Waals surface area (Å²) in [5, 5.41) is 7.56. The third-order valence-electron chi connectivity index (χ3n) is 1.22. The van der Waals surface area contributed by atoms with Gasteiger partial charge in [-0.3, -0.25) is 0 Å². The van der Waals surface area contributed by atoms with E-state index in [-0.39, 0.29) is 0 Å². The lowest BCUT2D eigenvalue weighted by Gasteiger charge is -1.91. The van der Waals surface area contributed by atoms with Gasteiger partial charge in [-0.15, -0.1) is 0 Å². The highest BCUT2D eigenvalue weighted by atomic mass is 15.1. The summed E-state index contributed by atoms with van der Waals surface area (Å²) in [6.07, 6.45) is 0. The minimum absolute atomic E-state index is 0.919. The van der Waals surface area contributed by atoms with Crippen LogP contribution in [-0.4, -0.2) is 7.05 Å². The molecule has 10 heavy (non-hydrogen) atoms. The van der Waals surface area contributed by atoms with Crippen molar-refractivity contribution in [1.82, 2.24) is 0 Å². The first-order valence-corrected chi connectivity index (χ1v) is 3.19. The van der Waals surface area contributed by atoms with Crippen LogP contribution < -0.4 is 0 Å². The second-order valence-electron chi connectivity index (χ2n) is 2.14. The zero-order valence-corrected chi connectivity index (χ0v) is 6.20. The highest BCUT2D eigenvalue weighted by Crippen LogP contribution is 2.12. The molecule has 0 unspecified atom stereocenters. The van der Waals surface area contributed by atoms with Crippen molar-refractivity contribution >= 4 is 5.69 Å². The zero-order chi connectivity index (χ0) is 7.40. The van der Waals surface area contributed by atoms with Crippen molar-refractivity contribution in [2.24, 2.45) is 10.2 Å². The maximum atomic E-state index is 3.89. The lowest BCUT2D eigenvalue weighted by molar-refractivity contribution is 1.16. The van der Waals surface area contributed by atoms with E-state index in [9.17, 15) is 0 Å². The average Bonchev–Trinajstić information content (AvgIpc) is 1.88. The van der Waals surface area contributed by atoms with Crippen molar-refractivity contribution in [1.29, 1.82) is 0 Å². The molecule has 0 radical (unpaired) electrons. The average molecular weight is 134 g/mol. The van der Waals surface area contributed by atoms with Gasteiger partial charge in [0, 0.05) is 7.05 Å². The van der Waals surface area contributed by atoms with Crippen molar-refractivity contribution < 1.29 is 0 Å². The lowest BCUT2D eigenvalue weighted by Crippen LogP contribution is -1.67. The Balaban J connectivity index is 2.95. The van der Waals surface area contributed by atoms with Gasteiger partial charge in [0.25, 0.3) is 0 Å². The largest absolute Gasteiger partial charge is 0.192 e. The SMILES string of the molecule is CN=Nc1cccc(C)c1. The molecule has 0 spiro atoms. The van der Waals surface area contributed by atoms with Crippen LogP contribution in [0.1, 0.15) is 5.56 Å². The van der Waals surface area contributed by atoms with E-state index >= 15 is 0 Å². The molecule has 0 N–H and O–H groups in total. The molecule has 0 aromatic heterocycles. The first-order valence-electron chi connectivity index (χ1n) is 3.19. The second-order valence-corrected chi connectivity index (χ2v) is 2.14. The molecule has 0 bridgehead atoms. The highest BCUT2D eigenvalue weighted by Gasteiger charge is 1.86. The number of hydrogen-bond donors (Lipinski definition) is 0. The Hall–Kier alpha value is -1.18. The van der Waals surface area contributed by atoms with Crippen LogP contribution in [0.25, 0.3) is 0 Å². The fourth-order valence-corrected chi connectivity index (χ4v) is 0.806. The van der Waals surface area contributed by atoms with E-state index in [1.807, 2.05) is 31.2 Å². The fraction of sp³-hybridized carbons (Fsp3) is 0.250. The summed E-state index contributed by atoms with van der Waals surface area (Å²) in [6.45, 7) is 2.04. The predicted octanol–water partition coefficient (Wildman–Crippen LogP) is 2.71. The normalized spacial score (nSPS) is 10.6. The number of hydrogen-bond acceptors (Lipinski definition) is 2. The van der Waals surface area contributed by atoms with Gasteiger partial charge in [0.15, 0.2) is 0 Å². The standard InChI is InChI=1S/C8H10N2/c1-7-4-3-5-8(6-7)10-9-2/h3-6H,1-2H3. The van der Waals surface area contributed by atoms with Gasteiger partial charge in [0.1, 0.15) is 0 Å². The van der Waals surface area contributed by atoms with Gasteiger partial charge in [-0.2, -0.15) is 10.2 Å². The van der Waals surface area contributed by atoms with Crippen LogP contribution in [0, 0.1) is 6.92 Å². The number of aryl methyl sites for hydroxylation is 1. The summed E-state index contributed by atoms with van der Waals surface area (Å²) in [7, 11) is 1.67. The van der Waals surface area contributed by atoms with E-state index in [1.165, 1.54) is 5.56 Å². The Morgan fingerprint density at radius 2 is 2.10 bits per heavy atom. The summed E-state index contributed by atoms with van der Waals surface area (Å²) in [6, 6.07) is 7.93. The Kier molecular flexibility index (Phi) is 2.15. The van der Waals surface area contributed by atoms with Gasteiger partial charge in [-0.25, -0.2) is 0 Å². The van der Waals surface area contributed by atoms with E-state index in [2.05, 4.69) is 10.2 Å². The molecular weight excluding hydrogens is 124 g/mol. The molecule has 1 rings (SSSR count). The summed E-state index contributed by atoms with van der Waals surface area (Å²) in [5.74, 6) is 0. The van der Waals surface area contributed by atoms with Gasteiger partial charge in [-0.05, 0) is 24.6 Å². The van der Waals surface area contributed by atoms with Crippen LogP contribution >= 0.6 is 0 Å². The molecule has 0 heterocycles. The number of benzene rings is 1. The van der Waals surface area contributed by atoms with Crippen molar-refractivity contribution in [2.45, 2.75) is 6.92 Å². The van der Waals surface area contributed by atoms with E-state index in [1.54, 1.807) is 7.05 Å². The van der Waals surface area contributed by atoms with Gasteiger partial charge >= 0.3 is 0 Å². The molecule has 1 aromatic carbocycles. The van der Waals surface area contributed by atoms with Crippen LogP contribution in [0.3, 0.4) is 0 Å². The van der Waals surface area contributed by atoms with Crippen molar-refractivity contribution in [2.75, 3.05) is 7.05 Å². The Bertz CT molecular complexity index is 241. The number of azo groups is 1. The van der Waals surface area contributed by atoms with Crippen LogP contribution in [0.15, 0.2) is 34.5 Å². The second kappa shape index (κ2) is 3.11. The van der Waals surface area contributed by atoms with Crippen molar-refractivity contribution in [3.8, 4) is 0 Å². The highest BCUT2D eigenvalue weighted by molar-refractivity contribution is 5.38. The number of rotatable bonds is 1. The molecule has 0 amide bonds.